The Balaban J connectivity index is 3.08. The smallest absolute Gasteiger partial charge is 0.411 e. The predicted molar refractivity (Wildman–Crippen MR) is 173 cm³/mol. The first-order chi connectivity index (χ1) is 19.8. The van der Waals surface area contributed by atoms with Crippen LogP contribution in [-0.2, 0) is 18.8 Å². The van der Waals surface area contributed by atoms with Gasteiger partial charge in [0.1, 0.15) is 4.93 Å². The summed E-state index contributed by atoms with van der Waals surface area (Å²) in [7, 11) is -1.45. The molecule has 0 heterocycles. The zero-order chi connectivity index (χ0) is 30.4. The largest absolute Gasteiger partial charge is 0.476 e. The van der Waals surface area contributed by atoms with Crippen molar-refractivity contribution in [2.75, 3.05) is 6.61 Å². The van der Waals surface area contributed by atoms with Crippen LogP contribution in [0.2, 0.25) is 0 Å². The second-order valence-corrected chi connectivity index (χ2v) is 13.3. The summed E-state index contributed by atoms with van der Waals surface area (Å²) in [6.45, 7) is 6.42. The highest BCUT2D eigenvalue weighted by molar-refractivity contribution is 7.81. The first-order valence-corrected chi connectivity index (χ1v) is 17.5. The predicted octanol–water partition coefficient (Wildman–Crippen LogP) is 9.63. The first kappa shape index (κ1) is 38.0. The zero-order valence-electron chi connectivity index (χ0n) is 26.0. The van der Waals surface area contributed by atoms with Gasteiger partial charge in [0.15, 0.2) is 0 Å². The molecule has 0 aliphatic carbocycles. The van der Waals surface area contributed by atoms with Gasteiger partial charge in [-0.05, 0) is 50.0 Å². The minimum Gasteiger partial charge on any atom is -0.476 e. The summed E-state index contributed by atoms with van der Waals surface area (Å²) in [5.41, 5.74) is 1.26. The highest BCUT2D eigenvalue weighted by Crippen LogP contribution is 2.43. The summed E-state index contributed by atoms with van der Waals surface area (Å²) in [5.74, 6) is -1.22. The molecule has 0 radical (unpaired) electrons. The standard InChI is InChI=1S/C33H57O6PS/c1-4-7-9-11-13-15-20-25-32(41,39-33(40-37,30(34)35)31(36)38-27-6-3)26-24-29(28-21-18-16-19-22-28)23-17-14-12-10-8-5-2/h16,18-19,21-22,29,31,36,41H,4-15,17,20,23-27H2,1-3H3,(H,34,35)/p+1. The van der Waals surface area contributed by atoms with E-state index >= 15 is 0 Å². The Morgan fingerprint density at radius 2 is 1.39 bits per heavy atom. The van der Waals surface area contributed by atoms with Crippen molar-refractivity contribution in [1.29, 1.82) is 0 Å². The topological polar surface area (TPSA) is 93.1 Å². The Hall–Kier alpha value is -0.980. The fourth-order valence-corrected chi connectivity index (χ4v) is 6.35. The van der Waals surface area contributed by atoms with E-state index in [-0.39, 0.29) is 12.5 Å². The number of carboxylic acids is 1. The maximum Gasteiger partial charge on any atom is 0.411 e. The molecule has 0 spiro atoms. The average Bonchev–Trinajstić information content (AvgIpc) is 2.97. The van der Waals surface area contributed by atoms with Crippen LogP contribution in [0.4, 0.5) is 0 Å². The molecule has 2 N–H and O–H groups in total. The third-order valence-electron chi connectivity index (χ3n) is 7.88. The minimum atomic E-state index is -2.39. The molecular weight excluding hydrogens is 555 g/mol. The van der Waals surface area contributed by atoms with Crippen LogP contribution in [0, 0.1) is 0 Å². The SMILES string of the molecule is CCCCCCCCCC(S)(CCC(CCCCCCCC)c1ccccc1)OC([PH+]=O)(C(=O)O)C(O)OCCC. The molecule has 0 aliphatic heterocycles. The number of unbranched alkanes of at least 4 members (excludes halogenated alkanes) is 11. The number of carboxylic acid groups (broad SMARTS) is 1. The van der Waals surface area contributed by atoms with Gasteiger partial charge in [0.2, 0.25) is 6.29 Å². The van der Waals surface area contributed by atoms with Gasteiger partial charge in [0, 0.05) is 6.61 Å². The van der Waals surface area contributed by atoms with E-state index in [1.807, 2.05) is 13.0 Å². The van der Waals surface area contributed by atoms with Gasteiger partial charge in [-0.25, -0.2) is 4.79 Å². The van der Waals surface area contributed by atoms with Gasteiger partial charge in [-0.3, -0.25) is 0 Å². The molecule has 41 heavy (non-hydrogen) atoms. The van der Waals surface area contributed by atoms with Gasteiger partial charge in [-0.1, -0.05) is 133 Å². The van der Waals surface area contributed by atoms with Gasteiger partial charge < -0.3 is 19.7 Å². The molecule has 8 heteroatoms. The van der Waals surface area contributed by atoms with Crippen molar-refractivity contribution in [1.82, 2.24) is 0 Å². The summed E-state index contributed by atoms with van der Waals surface area (Å²) >= 11 is 4.95. The number of hydrogen-bond donors (Lipinski definition) is 3. The molecule has 0 amide bonds. The third-order valence-corrected chi connectivity index (χ3v) is 9.28. The summed E-state index contributed by atoms with van der Waals surface area (Å²) in [6, 6.07) is 10.4. The highest BCUT2D eigenvalue weighted by Gasteiger charge is 2.61. The summed E-state index contributed by atoms with van der Waals surface area (Å²) < 4.78 is 23.9. The second kappa shape index (κ2) is 22.5. The molecule has 1 aromatic carbocycles. The molecule has 5 unspecified atom stereocenters. The van der Waals surface area contributed by atoms with E-state index in [9.17, 15) is 19.6 Å². The fraction of sp³-hybridized carbons (Fsp3) is 0.788. The lowest BCUT2D eigenvalue weighted by Gasteiger charge is -2.35. The molecule has 0 saturated heterocycles. The minimum absolute atomic E-state index is 0.135. The highest BCUT2D eigenvalue weighted by atomic mass is 32.1. The number of carbonyl (C=O) groups is 1. The monoisotopic (exact) mass is 613 g/mol. The van der Waals surface area contributed by atoms with Crippen LogP contribution in [0.25, 0.3) is 0 Å². The van der Waals surface area contributed by atoms with Crippen molar-refractivity contribution in [2.45, 2.75) is 159 Å². The first-order valence-electron chi connectivity index (χ1n) is 16.2. The van der Waals surface area contributed by atoms with E-state index in [1.165, 1.54) is 63.4 Å². The lowest BCUT2D eigenvalue weighted by atomic mass is 9.87. The van der Waals surface area contributed by atoms with Crippen molar-refractivity contribution in [3.8, 4) is 0 Å². The number of rotatable bonds is 27. The molecule has 1 aromatic rings. The van der Waals surface area contributed by atoms with Crippen LogP contribution in [0.3, 0.4) is 0 Å². The molecule has 0 fully saturated rings. The molecule has 0 bridgehead atoms. The lowest BCUT2D eigenvalue weighted by molar-refractivity contribution is -0.227. The van der Waals surface area contributed by atoms with Gasteiger partial charge in [0.05, 0.1) is 0 Å². The number of ether oxygens (including phenoxy) is 2. The lowest BCUT2D eigenvalue weighted by Crippen LogP contribution is -2.53. The van der Waals surface area contributed by atoms with Crippen LogP contribution in [-0.4, -0.2) is 39.4 Å². The van der Waals surface area contributed by atoms with Gasteiger partial charge in [0.25, 0.3) is 0 Å². The molecule has 6 nitrogen and oxygen atoms in total. The van der Waals surface area contributed by atoms with Crippen LogP contribution < -0.4 is 0 Å². The molecule has 1 rings (SSSR count). The maximum absolute atomic E-state index is 12.4. The molecule has 0 aromatic heterocycles. The van der Waals surface area contributed by atoms with Crippen molar-refractivity contribution in [3.63, 3.8) is 0 Å². The van der Waals surface area contributed by atoms with E-state index in [0.29, 0.717) is 19.3 Å². The van der Waals surface area contributed by atoms with Crippen LogP contribution in [0.5, 0.6) is 0 Å². The molecule has 0 aliphatic rings. The van der Waals surface area contributed by atoms with Gasteiger partial charge >= 0.3 is 19.8 Å². The Morgan fingerprint density at radius 1 is 0.829 bits per heavy atom. The molecule has 5 atom stereocenters. The van der Waals surface area contributed by atoms with Crippen molar-refractivity contribution in [3.05, 3.63) is 35.9 Å². The Morgan fingerprint density at radius 3 is 1.93 bits per heavy atom. The van der Waals surface area contributed by atoms with Crippen molar-refractivity contribution < 1.29 is 29.0 Å². The number of hydrogen-bond acceptors (Lipinski definition) is 6. The summed E-state index contributed by atoms with van der Waals surface area (Å²) in [6.07, 6.45) is 16.6. The second-order valence-electron chi connectivity index (χ2n) is 11.5. The Bertz CT molecular complexity index is 812. The number of aliphatic hydroxyl groups excluding tert-OH is 1. The average molecular weight is 614 g/mol. The van der Waals surface area contributed by atoms with Crippen LogP contribution in [0.1, 0.15) is 148 Å². The zero-order valence-corrected chi connectivity index (χ0v) is 27.8. The third kappa shape index (κ3) is 14.8. The molecule has 236 valence electrons. The van der Waals surface area contributed by atoms with E-state index in [1.54, 1.807) is 0 Å². The number of aliphatic carboxylic acids is 1. The number of aliphatic hydroxyl groups is 1. The van der Waals surface area contributed by atoms with E-state index in [2.05, 4.69) is 38.1 Å². The van der Waals surface area contributed by atoms with E-state index < -0.39 is 31.0 Å². The van der Waals surface area contributed by atoms with E-state index in [4.69, 9.17) is 22.1 Å². The van der Waals surface area contributed by atoms with Crippen LogP contribution in [0.15, 0.2) is 30.3 Å². The fourth-order valence-electron chi connectivity index (χ4n) is 5.32. The van der Waals surface area contributed by atoms with Crippen molar-refractivity contribution in [2.24, 2.45) is 0 Å². The van der Waals surface area contributed by atoms with Crippen molar-refractivity contribution >= 4 is 27.1 Å². The number of thiol groups is 1. The summed E-state index contributed by atoms with van der Waals surface area (Å²) in [5, 5.41) is 18.4. The molecule has 0 saturated carbocycles. The number of benzene rings is 1. The summed E-state index contributed by atoms with van der Waals surface area (Å²) in [4.78, 5) is 11.3. The normalized spacial score (nSPS) is 16.2. The van der Waals surface area contributed by atoms with Crippen LogP contribution >= 0.6 is 21.1 Å². The molecular formula is C33H58O6PS+. The van der Waals surface area contributed by atoms with Gasteiger partial charge in [-0.15, -0.1) is 12.6 Å². The quantitative estimate of drug-likeness (QED) is 0.0396. The van der Waals surface area contributed by atoms with E-state index in [0.717, 1.165) is 38.5 Å². The Labute approximate surface area is 257 Å². The Kier molecular flexibility index (Phi) is 20.9. The van der Waals surface area contributed by atoms with Gasteiger partial charge in [-0.2, -0.15) is 0 Å². The maximum atomic E-state index is 12.4.